The van der Waals surface area contributed by atoms with Gasteiger partial charge in [0.1, 0.15) is 11.6 Å². The van der Waals surface area contributed by atoms with Gasteiger partial charge in [-0.2, -0.15) is 0 Å². The zero-order chi connectivity index (χ0) is 24.5. The summed E-state index contributed by atoms with van der Waals surface area (Å²) in [6, 6.07) is 12.4. The fraction of sp³-hybridized carbons (Fsp3) is 0.423. The topological polar surface area (TPSA) is 84.5 Å². The number of carbonyl (C=O) groups excluding carboxylic acids is 3. The van der Waals surface area contributed by atoms with Gasteiger partial charge in [-0.15, -0.1) is 0 Å². The average Bonchev–Trinajstić information content (AvgIpc) is 3.32. The molecule has 2 aromatic carbocycles. The average molecular weight is 503 g/mol. The molecule has 0 spiro atoms. The Labute approximate surface area is 209 Å². The summed E-state index contributed by atoms with van der Waals surface area (Å²) in [5.41, 5.74) is 1.27. The van der Waals surface area contributed by atoms with Gasteiger partial charge in [-0.25, -0.2) is 0 Å². The third kappa shape index (κ3) is 4.85. The molecule has 2 aliphatic rings. The lowest BCUT2D eigenvalue weighted by Crippen LogP contribution is -2.56. The number of amides is 2. The Morgan fingerprint density at radius 3 is 2.53 bits per heavy atom. The smallest absolute Gasteiger partial charge is 0.251 e. The second kappa shape index (κ2) is 10.1. The van der Waals surface area contributed by atoms with Crippen LogP contribution < -0.4 is 10.6 Å². The van der Waals surface area contributed by atoms with Crippen LogP contribution in [-0.2, 0) is 14.3 Å². The van der Waals surface area contributed by atoms with Crippen LogP contribution >= 0.6 is 23.2 Å². The van der Waals surface area contributed by atoms with E-state index in [9.17, 15) is 14.4 Å². The number of fused-ring (bicyclic) bond motifs is 1. The van der Waals surface area contributed by atoms with Crippen LogP contribution in [0, 0.1) is 0 Å². The summed E-state index contributed by atoms with van der Waals surface area (Å²) in [4.78, 5) is 38.6. The number of hydrogen-bond donors (Lipinski definition) is 2. The van der Waals surface area contributed by atoms with E-state index in [0.717, 1.165) is 12.0 Å². The first-order valence-corrected chi connectivity index (χ1v) is 12.3. The van der Waals surface area contributed by atoms with E-state index in [0.29, 0.717) is 39.9 Å². The first-order valence-electron chi connectivity index (χ1n) is 11.5. The van der Waals surface area contributed by atoms with Gasteiger partial charge in [0.25, 0.3) is 5.91 Å². The van der Waals surface area contributed by atoms with Crippen molar-refractivity contribution in [3.8, 4) is 0 Å². The highest BCUT2D eigenvalue weighted by atomic mass is 35.5. The highest BCUT2D eigenvalue weighted by molar-refractivity contribution is 6.42. The minimum absolute atomic E-state index is 0.0645. The molecule has 0 radical (unpaired) electrons. The Morgan fingerprint density at radius 1 is 1.12 bits per heavy atom. The number of hydrogen-bond acceptors (Lipinski definition) is 4. The summed E-state index contributed by atoms with van der Waals surface area (Å²) in [5.74, 6) is -0.316. The molecule has 1 aliphatic carbocycles. The van der Waals surface area contributed by atoms with Crippen molar-refractivity contribution < 1.29 is 19.1 Å². The van der Waals surface area contributed by atoms with E-state index >= 15 is 0 Å². The van der Waals surface area contributed by atoms with Crippen LogP contribution in [0.3, 0.4) is 0 Å². The predicted molar refractivity (Wildman–Crippen MR) is 131 cm³/mol. The molecular weight excluding hydrogens is 475 g/mol. The van der Waals surface area contributed by atoms with E-state index in [1.807, 2.05) is 12.1 Å². The maximum atomic E-state index is 13.4. The fourth-order valence-corrected chi connectivity index (χ4v) is 5.04. The molecule has 180 valence electrons. The molecule has 1 saturated heterocycles. The quantitative estimate of drug-likeness (QED) is 0.558. The van der Waals surface area contributed by atoms with Gasteiger partial charge in [-0.1, -0.05) is 55.2 Å². The van der Waals surface area contributed by atoms with Crippen molar-refractivity contribution in [1.82, 2.24) is 10.6 Å². The summed E-state index contributed by atoms with van der Waals surface area (Å²) >= 11 is 12.1. The monoisotopic (exact) mass is 502 g/mol. The predicted octanol–water partition coefficient (Wildman–Crippen LogP) is 4.98. The molecule has 2 aromatic rings. The number of benzene rings is 2. The molecule has 3 atom stereocenters. The summed E-state index contributed by atoms with van der Waals surface area (Å²) in [5, 5.41) is 6.46. The lowest BCUT2D eigenvalue weighted by Gasteiger charge is -2.27. The van der Waals surface area contributed by atoms with Crippen molar-refractivity contribution in [2.75, 3.05) is 6.54 Å². The molecule has 0 aromatic heterocycles. The van der Waals surface area contributed by atoms with E-state index in [4.69, 9.17) is 27.9 Å². The maximum absolute atomic E-state index is 13.4. The molecular formula is C26H28Cl2N2O4. The largest absolute Gasteiger partial charge is 0.359 e. The minimum Gasteiger partial charge on any atom is -0.359 e. The highest BCUT2D eigenvalue weighted by Crippen LogP contribution is 2.46. The highest BCUT2D eigenvalue weighted by Gasteiger charge is 2.59. The molecule has 1 heterocycles. The Balaban J connectivity index is 1.35. The van der Waals surface area contributed by atoms with Crippen LogP contribution in [0.4, 0.5) is 0 Å². The molecule has 0 bridgehead atoms. The van der Waals surface area contributed by atoms with Gasteiger partial charge in [0, 0.05) is 18.5 Å². The summed E-state index contributed by atoms with van der Waals surface area (Å²) in [7, 11) is 0. The molecule has 34 heavy (non-hydrogen) atoms. The van der Waals surface area contributed by atoms with Crippen molar-refractivity contribution in [3.63, 3.8) is 0 Å². The number of ether oxygens (including phenoxy) is 1. The van der Waals surface area contributed by atoms with Gasteiger partial charge in [-0.3, -0.25) is 14.4 Å². The van der Waals surface area contributed by atoms with Crippen LogP contribution in [0.5, 0.6) is 0 Å². The SMILES string of the molecule is CC(C)c1ccc(C(=O)NCCC(=O)NC23CCCC2OC(c2ccc(Cl)c(Cl)c2)C3=O)cc1. The van der Waals surface area contributed by atoms with Crippen molar-refractivity contribution >= 4 is 40.8 Å². The van der Waals surface area contributed by atoms with E-state index in [1.54, 1.807) is 30.3 Å². The normalized spacial score (nSPS) is 23.7. The molecule has 3 unspecified atom stereocenters. The van der Waals surface area contributed by atoms with Crippen LogP contribution in [0.1, 0.15) is 73.0 Å². The minimum atomic E-state index is -1.05. The Hall–Kier alpha value is -2.41. The van der Waals surface area contributed by atoms with Crippen LogP contribution in [-0.4, -0.2) is 35.8 Å². The number of ketones is 1. The molecule has 8 heteroatoms. The number of halogens is 2. The molecule has 1 saturated carbocycles. The van der Waals surface area contributed by atoms with E-state index < -0.39 is 17.7 Å². The molecule has 2 amide bonds. The zero-order valence-electron chi connectivity index (χ0n) is 19.2. The Kier molecular flexibility index (Phi) is 7.31. The first-order chi connectivity index (χ1) is 16.2. The summed E-state index contributed by atoms with van der Waals surface area (Å²) in [6.07, 6.45) is 0.871. The van der Waals surface area contributed by atoms with Crippen LogP contribution in [0.15, 0.2) is 42.5 Å². The summed E-state index contributed by atoms with van der Waals surface area (Å²) in [6.45, 7) is 4.35. The second-order valence-corrected chi connectivity index (χ2v) is 10.1. The van der Waals surface area contributed by atoms with Gasteiger partial charge in [0.15, 0.2) is 5.78 Å². The third-order valence-electron chi connectivity index (χ3n) is 6.65. The van der Waals surface area contributed by atoms with Crippen molar-refractivity contribution in [2.24, 2.45) is 0 Å². The van der Waals surface area contributed by atoms with Gasteiger partial charge in [0.2, 0.25) is 5.91 Å². The van der Waals surface area contributed by atoms with Gasteiger partial charge < -0.3 is 15.4 Å². The van der Waals surface area contributed by atoms with Crippen LogP contribution in [0.2, 0.25) is 10.0 Å². The van der Waals surface area contributed by atoms with Gasteiger partial charge in [0.05, 0.1) is 16.1 Å². The number of rotatable bonds is 7. The zero-order valence-corrected chi connectivity index (χ0v) is 20.7. The van der Waals surface area contributed by atoms with Crippen LogP contribution in [0.25, 0.3) is 0 Å². The molecule has 4 rings (SSSR count). The lowest BCUT2D eigenvalue weighted by atomic mass is 9.87. The first kappa shape index (κ1) is 24.7. The Morgan fingerprint density at radius 2 is 1.85 bits per heavy atom. The van der Waals surface area contributed by atoms with Crippen molar-refractivity contribution in [1.29, 1.82) is 0 Å². The maximum Gasteiger partial charge on any atom is 0.251 e. The molecule has 2 N–H and O–H groups in total. The van der Waals surface area contributed by atoms with E-state index in [-0.39, 0.29) is 30.6 Å². The van der Waals surface area contributed by atoms with Crippen molar-refractivity contribution in [2.45, 2.75) is 63.2 Å². The van der Waals surface area contributed by atoms with Crippen molar-refractivity contribution in [3.05, 3.63) is 69.2 Å². The third-order valence-corrected chi connectivity index (χ3v) is 7.39. The molecule has 2 fully saturated rings. The number of nitrogens with one attached hydrogen (secondary N) is 2. The van der Waals surface area contributed by atoms with Gasteiger partial charge in [-0.05, 0) is 60.6 Å². The fourth-order valence-electron chi connectivity index (χ4n) is 4.73. The summed E-state index contributed by atoms with van der Waals surface area (Å²) < 4.78 is 6.07. The van der Waals surface area contributed by atoms with E-state index in [1.165, 1.54) is 0 Å². The van der Waals surface area contributed by atoms with Gasteiger partial charge >= 0.3 is 0 Å². The Bertz CT molecular complexity index is 1100. The van der Waals surface area contributed by atoms with E-state index in [2.05, 4.69) is 24.5 Å². The molecule has 6 nitrogen and oxygen atoms in total. The molecule has 1 aliphatic heterocycles. The standard InChI is InChI=1S/C26H28Cl2N2O4/c1-15(2)16-5-7-17(8-6-16)25(33)29-13-11-22(31)30-26-12-3-4-21(26)34-23(24(26)32)18-9-10-19(27)20(28)14-18/h5-10,14-15,21,23H,3-4,11-13H2,1-2H3,(H,29,33)(H,30,31). The lowest BCUT2D eigenvalue weighted by molar-refractivity contribution is -0.131. The number of Topliss-reactive ketones (excluding diaryl/α,β-unsaturated/α-hetero) is 1. The second-order valence-electron chi connectivity index (χ2n) is 9.24. The number of carbonyl (C=O) groups is 3.